The van der Waals surface area contributed by atoms with Crippen LogP contribution < -0.4 is 0 Å². The lowest BCUT2D eigenvalue weighted by molar-refractivity contribution is -0.139. The Morgan fingerprint density at radius 2 is 1.20 bits per heavy atom. The minimum atomic E-state index is -0.414. The van der Waals surface area contributed by atoms with Crippen molar-refractivity contribution in [1.29, 1.82) is 0 Å². The number of aliphatic hydroxyl groups is 1. The highest BCUT2D eigenvalue weighted by Gasteiger charge is 2.04. The quantitative estimate of drug-likeness (QED) is 0.131. The summed E-state index contributed by atoms with van der Waals surface area (Å²) in [5, 5.41) is 8.69. The normalized spacial score (nSPS) is 11.9. The lowest BCUT2D eigenvalue weighted by Gasteiger charge is -2.05. The molecule has 0 aliphatic carbocycles. The standard InChI is InChI=1S/C22H42O3/c1-20(2)17-15-13-11-9-7-5-4-6-8-10-12-14-16-18-25-22(24)21(3)19-23/h19-20,23H,4-18H2,1-3H3. The number of unbranched alkanes of at least 4 members (excludes halogenated alkanes) is 12. The number of carbonyl (C=O) groups is 1. The van der Waals surface area contributed by atoms with Gasteiger partial charge in [-0.1, -0.05) is 97.3 Å². The van der Waals surface area contributed by atoms with Crippen molar-refractivity contribution in [2.24, 2.45) is 5.92 Å². The van der Waals surface area contributed by atoms with E-state index in [1.807, 2.05) is 0 Å². The third-order valence-corrected chi connectivity index (χ3v) is 4.67. The fourth-order valence-corrected chi connectivity index (χ4v) is 2.93. The van der Waals surface area contributed by atoms with Gasteiger partial charge in [0.25, 0.3) is 0 Å². The molecule has 0 bridgehead atoms. The molecule has 0 spiro atoms. The van der Waals surface area contributed by atoms with Crippen molar-refractivity contribution in [1.82, 2.24) is 0 Å². The summed E-state index contributed by atoms with van der Waals surface area (Å²) in [6.45, 7) is 6.63. The van der Waals surface area contributed by atoms with Gasteiger partial charge < -0.3 is 9.84 Å². The van der Waals surface area contributed by atoms with Gasteiger partial charge in [0, 0.05) is 0 Å². The molecule has 3 heteroatoms. The van der Waals surface area contributed by atoms with Gasteiger partial charge >= 0.3 is 5.97 Å². The summed E-state index contributed by atoms with van der Waals surface area (Å²) >= 11 is 0. The van der Waals surface area contributed by atoms with Gasteiger partial charge in [-0.05, 0) is 19.3 Å². The molecule has 0 aromatic heterocycles. The molecule has 0 atom stereocenters. The molecule has 0 aromatic carbocycles. The number of rotatable bonds is 17. The van der Waals surface area contributed by atoms with Crippen LogP contribution in [0.4, 0.5) is 0 Å². The van der Waals surface area contributed by atoms with E-state index in [1.54, 1.807) is 6.92 Å². The first kappa shape index (κ1) is 24.0. The van der Waals surface area contributed by atoms with Crippen LogP contribution in [0.15, 0.2) is 11.8 Å². The number of hydrogen-bond donors (Lipinski definition) is 1. The number of carbonyl (C=O) groups excluding carboxylic acids is 1. The van der Waals surface area contributed by atoms with Crippen molar-refractivity contribution in [3.05, 3.63) is 11.8 Å². The van der Waals surface area contributed by atoms with E-state index < -0.39 is 5.97 Å². The van der Waals surface area contributed by atoms with E-state index in [-0.39, 0.29) is 5.57 Å². The molecule has 0 aromatic rings. The van der Waals surface area contributed by atoms with E-state index in [0.717, 1.165) is 25.0 Å². The molecule has 3 nitrogen and oxygen atoms in total. The monoisotopic (exact) mass is 354 g/mol. The van der Waals surface area contributed by atoms with Crippen LogP contribution in [-0.4, -0.2) is 17.7 Å². The Bertz CT molecular complexity index is 334. The average molecular weight is 355 g/mol. The SMILES string of the molecule is CC(=CO)C(=O)OCCCCCCCCCCCCCCCC(C)C. The zero-order valence-electron chi connectivity index (χ0n) is 17.0. The first-order chi connectivity index (χ1) is 12.1. The van der Waals surface area contributed by atoms with Crippen molar-refractivity contribution in [3.8, 4) is 0 Å². The number of esters is 1. The first-order valence-corrected chi connectivity index (χ1v) is 10.6. The maximum absolute atomic E-state index is 11.3. The molecule has 0 radical (unpaired) electrons. The maximum atomic E-state index is 11.3. The minimum absolute atomic E-state index is 0.260. The van der Waals surface area contributed by atoms with Crippen molar-refractivity contribution in [2.45, 2.75) is 111 Å². The second-order valence-corrected chi connectivity index (χ2v) is 7.73. The van der Waals surface area contributed by atoms with Crippen LogP contribution in [0, 0.1) is 5.92 Å². The van der Waals surface area contributed by atoms with Crippen LogP contribution in [0.25, 0.3) is 0 Å². The summed E-state index contributed by atoms with van der Waals surface area (Å²) < 4.78 is 5.05. The summed E-state index contributed by atoms with van der Waals surface area (Å²) in [5.41, 5.74) is 0.260. The molecule has 0 unspecified atom stereocenters. The van der Waals surface area contributed by atoms with Gasteiger partial charge in [-0.3, -0.25) is 0 Å². The second-order valence-electron chi connectivity index (χ2n) is 7.73. The molecular weight excluding hydrogens is 312 g/mol. The van der Waals surface area contributed by atoms with Crippen LogP contribution in [0.1, 0.15) is 111 Å². The lowest BCUT2D eigenvalue weighted by atomic mass is 10.0. The van der Waals surface area contributed by atoms with Gasteiger partial charge in [0.15, 0.2) is 0 Å². The molecule has 0 amide bonds. The summed E-state index contributed by atoms with van der Waals surface area (Å²) in [4.78, 5) is 11.3. The highest BCUT2D eigenvalue weighted by Crippen LogP contribution is 2.14. The van der Waals surface area contributed by atoms with E-state index in [1.165, 1.54) is 77.0 Å². The van der Waals surface area contributed by atoms with Gasteiger partial charge in [0.2, 0.25) is 0 Å². The van der Waals surface area contributed by atoms with E-state index in [2.05, 4.69) is 13.8 Å². The molecule has 0 aliphatic rings. The Kier molecular flexibility index (Phi) is 17.1. The lowest BCUT2D eigenvalue weighted by Crippen LogP contribution is -2.07. The van der Waals surface area contributed by atoms with Crippen LogP contribution in [0.3, 0.4) is 0 Å². The third-order valence-electron chi connectivity index (χ3n) is 4.67. The van der Waals surface area contributed by atoms with Crippen molar-refractivity contribution in [3.63, 3.8) is 0 Å². The van der Waals surface area contributed by atoms with Crippen molar-refractivity contribution < 1.29 is 14.6 Å². The second kappa shape index (κ2) is 17.8. The van der Waals surface area contributed by atoms with Crippen LogP contribution in [-0.2, 0) is 9.53 Å². The molecule has 25 heavy (non-hydrogen) atoms. The molecule has 0 fully saturated rings. The van der Waals surface area contributed by atoms with Gasteiger partial charge in [0.1, 0.15) is 0 Å². The molecular formula is C22H42O3. The van der Waals surface area contributed by atoms with E-state index >= 15 is 0 Å². The van der Waals surface area contributed by atoms with E-state index in [0.29, 0.717) is 6.61 Å². The molecule has 1 N–H and O–H groups in total. The molecule has 0 heterocycles. The van der Waals surface area contributed by atoms with Crippen LogP contribution in [0.2, 0.25) is 0 Å². The Morgan fingerprint density at radius 3 is 1.60 bits per heavy atom. The third kappa shape index (κ3) is 17.6. The molecule has 0 aliphatic heterocycles. The first-order valence-electron chi connectivity index (χ1n) is 10.6. The van der Waals surface area contributed by atoms with Crippen molar-refractivity contribution in [2.75, 3.05) is 6.61 Å². The van der Waals surface area contributed by atoms with Gasteiger partial charge in [-0.25, -0.2) is 4.79 Å². The van der Waals surface area contributed by atoms with Gasteiger partial charge in [-0.2, -0.15) is 0 Å². The fourth-order valence-electron chi connectivity index (χ4n) is 2.93. The zero-order chi connectivity index (χ0) is 18.8. The predicted octanol–water partition coefficient (Wildman–Crippen LogP) is 7.11. The highest BCUT2D eigenvalue weighted by atomic mass is 16.5. The summed E-state index contributed by atoms with van der Waals surface area (Å²) in [6, 6.07) is 0. The topological polar surface area (TPSA) is 46.5 Å². The molecule has 0 saturated heterocycles. The van der Waals surface area contributed by atoms with E-state index in [9.17, 15) is 4.79 Å². The largest absolute Gasteiger partial charge is 0.515 e. The fraction of sp³-hybridized carbons (Fsp3) is 0.864. The van der Waals surface area contributed by atoms with Crippen LogP contribution >= 0.6 is 0 Å². The summed E-state index contributed by atoms with van der Waals surface area (Å²) in [5.74, 6) is 0.449. The zero-order valence-corrected chi connectivity index (χ0v) is 17.0. The number of ether oxygens (including phenoxy) is 1. The minimum Gasteiger partial charge on any atom is -0.515 e. The molecule has 0 saturated carbocycles. The summed E-state index contributed by atoms with van der Waals surface area (Å²) in [6.07, 6.45) is 19.3. The highest BCUT2D eigenvalue weighted by molar-refractivity contribution is 5.87. The Labute approximate surface area is 156 Å². The average Bonchev–Trinajstić information content (AvgIpc) is 2.60. The van der Waals surface area contributed by atoms with E-state index in [4.69, 9.17) is 9.84 Å². The smallest absolute Gasteiger partial charge is 0.336 e. The van der Waals surface area contributed by atoms with Crippen LogP contribution in [0.5, 0.6) is 0 Å². The summed E-state index contributed by atoms with van der Waals surface area (Å²) in [7, 11) is 0. The maximum Gasteiger partial charge on any atom is 0.336 e. The Morgan fingerprint density at radius 1 is 0.800 bits per heavy atom. The van der Waals surface area contributed by atoms with Gasteiger partial charge in [-0.15, -0.1) is 0 Å². The number of aliphatic hydroxyl groups excluding tert-OH is 1. The Hall–Kier alpha value is -0.990. The molecule has 0 rings (SSSR count). The molecule has 148 valence electrons. The Balaban J connectivity index is 3.13. The van der Waals surface area contributed by atoms with Gasteiger partial charge in [0.05, 0.1) is 18.4 Å². The predicted molar refractivity (Wildman–Crippen MR) is 107 cm³/mol. The van der Waals surface area contributed by atoms with Crippen molar-refractivity contribution >= 4 is 5.97 Å². The number of hydrogen-bond acceptors (Lipinski definition) is 3.